The van der Waals surface area contributed by atoms with Gasteiger partial charge >= 0.3 is 5.97 Å². The van der Waals surface area contributed by atoms with Gasteiger partial charge in [0.2, 0.25) is 0 Å². The van der Waals surface area contributed by atoms with Crippen molar-refractivity contribution >= 4 is 29.2 Å². The minimum absolute atomic E-state index is 0.164. The molecule has 8 nitrogen and oxygen atoms in total. The molecule has 2 aliphatic heterocycles. The molecule has 2 N–H and O–H groups in total. The Labute approximate surface area is 205 Å². The van der Waals surface area contributed by atoms with Crippen molar-refractivity contribution in [3.63, 3.8) is 0 Å². The Hall–Kier alpha value is -2.81. The Kier molecular flexibility index (Phi) is 8.62. The Morgan fingerprint density at radius 3 is 2.50 bits per heavy atom. The van der Waals surface area contributed by atoms with E-state index < -0.39 is 5.97 Å². The van der Waals surface area contributed by atoms with Crippen molar-refractivity contribution in [3.8, 4) is 5.75 Å². The number of hydrogen-bond acceptors (Lipinski definition) is 5. The summed E-state index contributed by atoms with van der Waals surface area (Å²) in [4.78, 5) is 20.6. The molecule has 0 saturated carbocycles. The molecule has 0 bridgehead atoms. The van der Waals surface area contributed by atoms with Gasteiger partial charge in [-0.05, 0) is 61.4 Å². The van der Waals surface area contributed by atoms with Gasteiger partial charge in [-0.2, -0.15) is 0 Å². The molecule has 9 heteroatoms. The molecule has 0 aliphatic carbocycles. The number of benzene rings is 2. The van der Waals surface area contributed by atoms with Gasteiger partial charge in [0.25, 0.3) is 0 Å². The van der Waals surface area contributed by atoms with Crippen molar-refractivity contribution in [2.45, 2.75) is 18.9 Å². The summed E-state index contributed by atoms with van der Waals surface area (Å²) in [6, 6.07) is 14.2. The summed E-state index contributed by atoms with van der Waals surface area (Å²) in [5.41, 5.74) is 1.08. The minimum atomic E-state index is -0.935. The van der Waals surface area contributed by atoms with E-state index in [0.29, 0.717) is 18.2 Å². The van der Waals surface area contributed by atoms with Crippen LogP contribution in [0.5, 0.6) is 5.75 Å². The average Bonchev–Trinajstić information content (AvgIpc) is 3.37. The number of rotatable bonds is 8. The van der Waals surface area contributed by atoms with Crippen LogP contribution in [0.1, 0.15) is 23.2 Å². The van der Waals surface area contributed by atoms with E-state index in [4.69, 9.17) is 31.2 Å². The van der Waals surface area contributed by atoms with Crippen molar-refractivity contribution < 1.29 is 19.4 Å². The summed E-state index contributed by atoms with van der Waals surface area (Å²) >= 11 is 5.92. The number of guanidine groups is 1. The van der Waals surface area contributed by atoms with E-state index in [1.54, 1.807) is 24.3 Å². The molecule has 2 aromatic rings. The monoisotopic (exact) mass is 486 g/mol. The fourth-order valence-electron chi connectivity index (χ4n) is 4.03. The fraction of sp³-hybridized carbons (Fsp3) is 0.440. The zero-order chi connectivity index (χ0) is 23.8. The zero-order valence-corrected chi connectivity index (χ0v) is 19.9. The lowest BCUT2D eigenvalue weighted by Crippen LogP contribution is -2.51. The first kappa shape index (κ1) is 24.3. The number of carbonyl (C=O) groups is 1. The van der Waals surface area contributed by atoms with Gasteiger partial charge in [-0.1, -0.05) is 11.6 Å². The van der Waals surface area contributed by atoms with Crippen LogP contribution >= 0.6 is 11.6 Å². The lowest BCUT2D eigenvalue weighted by molar-refractivity contribution is 0.0697. The van der Waals surface area contributed by atoms with Gasteiger partial charge in [-0.15, -0.1) is 0 Å². The zero-order valence-electron chi connectivity index (χ0n) is 19.2. The number of nitrogens with zero attached hydrogens (tertiary/aromatic N) is 3. The molecule has 2 heterocycles. The van der Waals surface area contributed by atoms with Crippen molar-refractivity contribution in [1.29, 1.82) is 0 Å². The molecule has 2 saturated heterocycles. The summed E-state index contributed by atoms with van der Waals surface area (Å²) in [6.07, 6.45) is 2.28. The van der Waals surface area contributed by atoms with Crippen molar-refractivity contribution in [2.24, 2.45) is 4.99 Å². The maximum atomic E-state index is 11.1. The average molecular weight is 487 g/mol. The topological polar surface area (TPSA) is 86.6 Å². The van der Waals surface area contributed by atoms with Crippen molar-refractivity contribution in [2.75, 3.05) is 57.8 Å². The van der Waals surface area contributed by atoms with Gasteiger partial charge in [0.1, 0.15) is 12.4 Å². The molecular formula is C25H31ClN4O4. The summed E-state index contributed by atoms with van der Waals surface area (Å²) in [5, 5.41) is 13.2. The Bertz CT molecular complexity index is 954. The van der Waals surface area contributed by atoms with E-state index in [2.05, 4.69) is 15.1 Å². The lowest BCUT2D eigenvalue weighted by Gasteiger charge is -2.36. The Morgan fingerprint density at radius 1 is 1.12 bits per heavy atom. The number of halogens is 1. The second kappa shape index (κ2) is 12.1. The minimum Gasteiger partial charge on any atom is -0.492 e. The predicted molar refractivity (Wildman–Crippen MR) is 133 cm³/mol. The van der Waals surface area contributed by atoms with Crippen LogP contribution in [0, 0.1) is 0 Å². The number of carboxylic acid groups (broad SMARTS) is 1. The van der Waals surface area contributed by atoms with Gasteiger partial charge in [-0.25, -0.2) is 4.79 Å². The molecular weight excluding hydrogens is 456 g/mol. The molecule has 0 spiro atoms. The molecule has 0 amide bonds. The highest BCUT2D eigenvalue weighted by atomic mass is 35.5. The Balaban J connectivity index is 1.31. The first-order valence-electron chi connectivity index (χ1n) is 11.7. The molecule has 1 unspecified atom stereocenters. The third kappa shape index (κ3) is 7.09. The third-order valence-corrected chi connectivity index (χ3v) is 6.27. The molecule has 182 valence electrons. The van der Waals surface area contributed by atoms with E-state index in [0.717, 1.165) is 69.6 Å². The molecule has 34 heavy (non-hydrogen) atoms. The van der Waals surface area contributed by atoms with Crippen molar-refractivity contribution in [3.05, 3.63) is 59.1 Å². The lowest BCUT2D eigenvalue weighted by atomic mass is 10.2. The van der Waals surface area contributed by atoms with Crippen LogP contribution in [-0.4, -0.2) is 85.4 Å². The van der Waals surface area contributed by atoms with E-state index >= 15 is 0 Å². The summed E-state index contributed by atoms with van der Waals surface area (Å²) in [7, 11) is 0. The van der Waals surface area contributed by atoms with Crippen LogP contribution < -0.4 is 10.1 Å². The maximum Gasteiger partial charge on any atom is 0.335 e. The maximum absolute atomic E-state index is 11.1. The molecule has 2 aliphatic rings. The SMILES string of the molecule is O=C(O)c1ccc(NC(=NCC2CCCO2)N2CCN(CCOc3ccc(Cl)cc3)CC2)cc1. The number of anilines is 1. The standard InChI is InChI=1S/C25H31ClN4O4/c26-20-5-9-22(10-6-20)34-17-15-29-11-13-30(14-12-29)25(27-18-23-2-1-16-33-23)28-21-7-3-19(4-8-21)24(31)32/h3-10,23H,1-2,11-18H2,(H,27,28)(H,31,32). The molecule has 0 aromatic heterocycles. The molecule has 2 fully saturated rings. The predicted octanol–water partition coefficient (Wildman–Crippen LogP) is 3.68. The highest BCUT2D eigenvalue weighted by molar-refractivity contribution is 6.30. The number of aromatic carboxylic acids is 1. The number of aliphatic imine (C=N–C) groups is 1. The quantitative estimate of drug-likeness (QED) is 0.434. The number of ether oxygens (including phenoxy) is 2. The first-order chi connectivity index (χ1) is 16.6. The van der Waals surface area contributed by atoms with Gasteiger partial charge in [0.15, 0.2) is 5.96 Å². The fourth-order valence-corrected chi connectivity index (χ4v) is 4.15. The number of carboxylic acids is 1. The summed E-state index contributed by atoms with van der Waals surface area (Å²) < 4.78 is 11.6. The van der Waals surface area contributed by atoms with Gasteiger partial charge in [0, 0.05) is 50.0 Å². The van der Waals surface area contributed by atoms with E-state index in [1.807, 2.05) is 24.3 Å². The van der Waals surface area contributed by atoms with E-state index in [1.165, 1.54) is 0 Å². The molecule has 4 rings (SSSR count). The normalized spacial score (nSPS) is 19.3. The van der Waals surface area contributed by atoms with E-state index in [-0.39, 0.29) is 11.7 Å². The van der Waals surface area contributed by atoms with Crippen LogP contribution in [0.4, 0.5) is 5.69 Å². The number of piperazine rings is 1. The molecule has 0 radical (unpaired) electrons. The second-order valence-corrected chi connectivity index (χ2v) is 8.87. The summed E-state index contributed by atoms with van der Waals surface area (Å²) in [6.45, 7) is 6.38. The largest absolute Gasteiger partial charge is 0.492 e. The molecule has 2 aromatic carbocycles. The molecule has 1 atom stereocenters. The second-order valence-electron chi connectivity index (χ2n) is 8.44. The smallest absolute Gasteiger partial charge is 0.335 e. The van der Waals surface area contributed by atoms with Gasteiger partial charge in [-0.3, -0.25) is 9.89 Å². The van der Waals surface area contributed by atoms with Crippen molar-refractivity contribution in [1.82, 2.24) is 9.80 Å². The van der Waals surface area contributed by atoms with Crippen LogP contribution in [0.15, 0.2) is 53.5 Å². The Morgan fingerprint density at radius 2 is 1.85 bits per heavy atom. The highest BCUT2D eigenvalue weighted by Crippen LogP contribution is 2.17. The van der Waals surface area contributed by atoms with Gasteiger partial charge in [0.05, 0.1) is 18.2 Å². The van der Waals surface area contributed by atoms with E-state index in [9.17, 15) is 4.79 Å². The summed E-state index contributed by atoms with van der Waals surface area (Å²) in [5.74, 6) is 0.690. The first-order valence-corrected chi connectivity index (χ1v) is 12.1. The van der Waals surface area contributed by atoms with Gasteiger partial charge < -0.3 is 24.8 Å². The van der Waals surface area contributed by atoms with Crippen LogP contribution in [0.3, 0.4) is 0 Å². The highest BCUT2D eigenvalue weighted by Gasteiger charge is 2.21. The number of nitrogens with one attached hydrogen (secondary N) is 1. The van der Waals surface area contributed by atoms with Crippen LogP contribution in [0.2, 0.25) is 5.02 Å². The third-order valence-electron chi connectivity index (χ3n) is 6.02. The number of hydrogen-bond donors (Lipinski definition) is 2. The van der Waals surface area contributed by atoms with Crippen LogP contribution in [0.25, 0.3) is 0 Å². The van der Waals surface area contributed by atoms with Crippen LogP contribution in [-0.2, 0) is 4.74 Å².